The van der Waals surface area contributed by atoms with Crippen LogP contribution in [0.2, 0.25) is 0 Å². The molecule has 1 aromatic carbocycles. The molecule has 0 amide bonds. The summed E-state index contributed by atoms with van der Waals surface area (Å²) in [6, 6.07) is 6.47. The third-order valence-electron chi connectivity index (χ3n) is 3.00. The summed E-state index contributed by atoms with van der Waals surface area (Å²) in [4.78, 5) is 19.1. The Morgan fingerprint density at radius 1 is 1.14 bits per heavy atom. The molecule has 0 spiro atoms. The second-order valence-corrected chi connectivity index (χ2v) is 6.79. The highest BCUT2D eigenvalue weighted by molar-refractivity contribution is 8.00. The number of carbonyl (C=O) groups is 1. The average Bonchev–Trinajstić information content (AvgIpc) is 2.42. The van der Waals surface area contributed by atoms with Gasteiger partial charge in [-0.25, -0.2) is 9.97 Å². The van der Waals surface area contributed by atoms with Crippen LogP contribution in [0.3, 0.4) is 0 Å². The summed E-state index contributed by atoms with van der Waals surface area (Å²) in [7, 11) is 0. The van der Waals surface area contributed by atoms with Crippen molar-refractivity contribution in [3.63, 3.8) is 0 Å². The van der Waals surface area contributed by atoms with E-state index in [4.69, 9.17) is 0 Å². The molecule has 2 aromatic rings. The number of carbonyl (C=O) groups excluding carboxylic acids is 1. The summed E-state index contributed by atoms with van der Waals surface area (Å²) in [5.74, 6) is -1.16. The van der Waals surface area contributed by atoms with E-state index in [9.17, 15) is 18.0 Å². The zero-order valence-corrected chi connectivity index (χ0v) is 13.2. The molecule has 1 heterocycles. The van der Waals surface area contributed by atoms with Crippen LogP contribution in [0, 0.1) is 5.41 Å². The van der Waals surface area contributed by atoms with Crippen LogP contribution >= 0.6 is 11.8 Å². The molecule has 0 radical (unpaired) electrons. The number of para-hydroxylation sites is 1. The quantitative estimate of drug-likeness (QED) is 0.620. The van der Waals surface area contributed by atoms with Crippen molar-refractivity contribution in [3.05, 3.63) is 30.1 Å². The van der Waals surface area contributed by atoms with Gasteiger partial charge in [-0.15, -0.1) is 0 Å². The van der Waals surface area contributed by atoms with Gasteiger partial charge in [0.25, 0.3) is 0 Å². The molecule has 0 bridgehead atoms. The highest BCUT2D eigenvalue weighted by atomic mass is 32.2. The third kappa shape index (κ3) is 3.76. The van der Waals surface area contributed by atoms with Crippen LogP contribution in [-0.2, 0) is 11.0 Å². The van der Waals surface area contributed by atoms with Gasteiger partial charge in [0.15, 0.2) is 0 Å². The first-order valence-electron chi connectivity index (χ1n) is 6.59. The number of benzene rings is 1. The SMILES string of the molecule is CC(C)(C)C(=O)CSc1nc(C(F)(F)F)nc2ccccc12. The number of rotatable bonds is 3. The molecule has 0 N–H and O–H groups in total. The molecular weight excluding hydrogens is 313 g/mol. The van der Waals surface area contributed by atoms with Gasteiger partial charge in [0, 0.05) is 10.8 Å². The van der Waals surface area contributed by atoms with Crippen molar-refractivity contribution in [2.75, 3.05) is 5.75 Å². The van der Waals surface area contributed by atoms with E-state index in [2.05, 4.69) is 9.97 Å². The summed E-state index contributed by atoms with van der Waals surface area (Å²) in [5.41, 5.74) is -0.321. The van der Waals surface area contributed by atoms with E-state index in [1.165, 1.54) is 6.07 Å². The lowest BCUT2D eigenvalue weighted by molar-refractivity contribution is -0.145. The topological polar surface area (TPSA) is 42.9 Å². The van der Waals surface area contributed by atoms with Gasteiger partial charge in [-0.1, -0.05) is 50.7 Å². The van der Waals surface area contributed by atoms with Gasteiger partial charge in [-0.3, -0.25) is 4.79 Å². The van der Waals surface area contributed by atoms with E-state index >= 15 is 0 Å². The van der Waals surface area contributed by atoms with Crippen molar-refractivity contribution in [1.29, 1.82) is 0 Å². The first-order chi connectivity index (χ1) is 10.1. The molecule has 2 rings (SSSR count). The number of halogens is 3. The molecule has 118 valence electrons. The predicted molar refractivity (Wildman–Crippen MR) is 79.7 cm³/mol. The molecule has 0 atom stereocenters. The fraction of sp³-hybridized carbons (Fsp3) is 0.400. The number of thioether (sulfide) groups is 1. The molecule has 0 aliphatic rings. The Bertz CT molecular complexity index is 708. The van der Waals surface area contributed by atoms with E-state index in [-0.39, 0.29) is 22.1 Å². The number of alkyl halides is 3. The maximum absolute atomic E-state index is 12.9. The smallest absolute Gasteiger partial charge is 0.298 e. The van der Waals surface area contributed by atoms with E-state index < -0.39 is 17.4 Å². The van der Waals surface area contributed by atoms with Crippen LogP contribution < -0.4 is 0 Å². The second kappa shape index (κ2) is 5.87. The highest BCUT2D eigenvalue weighted by Gasteiger charge is 2.35. The van der Waals surface area contributed by atoms with Crippen LogP contribution in [0.25, 0.3) is 10.9 Å². The Labute approximate surface area is 130 Å². The highest BCUT2D eigenvalue weighted by Crippen LogP contribution is 2.32. The third-order valence-corrected chi connectivity index (χ3v) is 3.99. The molecule has 0 aliphatic carbocycles. The lowest BCUT2D eigenvalue weighted by Crippen LogP contribution is -2.22. The number of hydrogen-bond donors (Lipinski definition) is 0. The molecule has 7 heteroatoms. The number of ketones is 1. The summed E-state index contributed by atoms with van der Waals surface area (Å²) in [5, 5.41) is 0.692. The fourth-order valence-corrected chi connectivity index (χ4v) is 2.81. The number of Topliss-reactive ketones (excluding diaryl/α,β-unsaturated/α-hetero) is 1. The van der Waals surface area contributed by atoms with E-state index in [0.717, 1.165) is 11.8 Å². The molecule has 0 saturated heterocycles. The summed E-state index contributed by atoms with van der Waals surface area (Å²) < 4.78 is 38.6. The number of hydrogen-bond acceptors (Lipinski definition) is 4. The van der Waals surface area contributed by atoms with Gasteiger partial charge >= 0.3 is 6.18 Å². The van der Waals surface area contributed by atoms with Crippen LogP contribution in [-0.4, -0.2) is 21.5 Å². The summed E-state index contributed by atoms with van der Waals surface area (Å²) in [6.45, 7) is 5.32. The van der Waals surface area contributed by atoms with E-state index in [0.29, 0.717) is 5.39 Å². The Kier molecular flexibility index (Phi) is 4.47. The number of aromatic nitrogens is 2. The van der Waals surface area contributed by atoms with E-state index in [1.807, 2.05) is 0 Å². The molecule has 0 unspecified atom stereocenters. The van der Waals surface area contributed by atoms with Crippen molar-refractivity contribution in [3.8, 4) is 0 Å². The van der Waals surface area contributed by atoms with Crippen LogP contribution in [0.15, 0.2) is 29.3 Å². The maximum atomic E-state index is 12.9. The minimum Gasteiger partial charge on any atom is -0.298 e. The van der Waals surface area contributed by atoms with Gasteiger partial charge < -0.3 is 0 Å². The summed E-state index contributed by atoms with van der Waals surface area (Å²) in [6.07, 6.45) is -4.62. The van der Waals surface area contributed by atoms with Gasteiger partial charge in [-0.05, 0) is 6.07 Å². The minimum atomic E-state index is -4.62. The average molecular weight is 328 g/mol. The number of fused-ring (bicyclic) bond motifs is 1. The van der Waals surface area contributed by atoms with Crippen LogP contribution in [0.4, 0.5) is 13.2 Å². The number of nitrogens with zero attached hydrogens (tertiary/aromatic N) is 2. The van der Waals surface area contributed by atoms with Gasteiger partial charge in [0.1, 0.15) is 10.8 Å². The molecule has 3 nitrogen and oxygen atoms in total. The molecule has 0 aliphatic heterocycles. The first-order valence-corrected chi connectivity index (χ1v) is 7.57. The van der Waals surface area contributed by atoms with Crippen molar-refractivity contribution >= 4 is 28.4 Å². The zero-order chi connectivity index (χ0) is 16.5. The first kappa shape index (κ1) is 16.7. The molecule has 1 aromatic heterocycles. The van der Waals surface area contributed by atoms with Gasteiger partial charge in [-0.2, -0.15) is 13.2 Å². The maximum Gasteiger partial charge on any atom is 0.451 e. The lowest BCUT2D eigenvalue weighted by Gasteiger charge is -2.16. The van der Waals surface area contributed by atoms with E-state index in [1.54, 1.807) is 39.0 Å². The van der Waals surface area contributed by atoms with Crippen molar-refractivity contribution < 1.29 is 18.0 Å². The van der Waals surface area contributed by atoms with Crippen molar-refractivity contribution in [1.82, 2.24) is 9.97 Å². The second-order valence-electron chi connectivity index (χ2n) is 5.83. The lowest BCUT2D eigenvalue weighted by atomic mass is 9.92. The standard InChI is InChI=1S/C15H15F3N2OS/c1-14(2,3)11(21)8-22-12-9-6-4-5-7-10(9)19-13(20-12)15(16,17)18/h4-7H,8H2,1-3H3. The Morgan fingerprint density at radius 2 is 1.77 bits per heavy atom. The van der Waals surface area contributed by atoms with Gasteiger partial charge in [0.2, 0.25) is 5.82 Å². The van der Waals surface area contributed by atoms with Crippen LogP contribution in [0.1, 0.15) is 26.6 Å². The molecule has 22 heavy (non-hydrogen) atoms. The Morgan fingerprint density at radius 3 is 2.36 bits per heavy atom. The molecule has 0 saturated carbocycles. The zero-order valence-electron chi connectivity index (χ0n) is 12.4. The fourth-order valence-electron chi connectivity index (χ4n) is 1.63. The molecule has 0 fully saturated rings. The minimum absolute atomic E-state index is 0.0475. The normalized spacial score (nSPS) is 12.6. The predicted octanol–water partition coefficient (Wildman–Crippen LogP) is 4.36. The summed E-state index contributed by atoms with van der Waals surface area (Å²) >= 11 is 1.01. The Balaban J connectivity index is 2.41. The monoisotopic (exact) mass is 328 g/mol. The largest absolute Gasteiger partial charge is 0.451 e. The van der Waals surface area contributed by atoms with Crippen molar-refractivity contribution in [2.24, 2.45) is 5.41 Å². The molecular formula is C15H15F3N2OS. The van der Waals surface area contributed by atoms with Crippen molar-refractivity contribution in [2.45, 2.75) is 32.0 Å². The van der Waals surface area contributed by atoms with Crippen LogP contribution in [0.5, 0.6) is 0 Å². The Hall–Kier alpha value is -1.63. The van der Waals surface area contributed by atoms with Gasteiger partial charge in [0.05, 0.1) is 11.3 Å².